The van der Waals surface area contributed by atoms with Crippen LogP contribution < -0.4 is 5.69 Å². The number of hydrogen-bond acceptors (Lipinski definition) is 5. The molecule has 0 radical (unpaired) electrons. The minimum atomic E-state index is -4.91. The Bertz CT molecular complexity index is 1340. The molecule has 184 valence electrons. The van der Waals surface area contributed by atoms with Gasteiger partial charge in [0.25, 0.3) is 0 Å². The lowest BCUT2D eigenvalue weighted by Crippen LogP contribution is -2.37. The Balaban J connectivity index is 1.57. The molecule has 1 atom stereocenters. The Morgan fingerprint density at radius 3 is 2.26 bits per heavy atom. The topological polar surface area (TPSA) is 84.8 Å². The lowest BCUT2D eigenvalue weighted by molar-refractivity contribution is -0.207. The molecule has 0 aliphatic carbocycles. The van der Waals surface area contributed by atoms with Gasteiger partial charge >= 0.3 is 11.9 Å². The summed E-state index contributed by atoms with van der Waals surface area (Å²) in [5, 5.41) is 23.4. The first kappa shape index (κ1) is 25.4. The summed E-state index contributed by atoms with van der Waals surface area (Å²) in [5.74, 6) is -0.0439. The van der Waals surface area contributed by atoms with Crippen LogP contribution in [0.25, 0.3) is 11.4 Å². The Morgan fingerprint density at radius 1 is 1.00 bits per heavy atom. The van der Waals surface area contributed by atoms with E-state index in [1.165, 1.54) is 24.3 Å². The third-order valence-corrected chi connectivity index (χ3v) is 6.23. The van der Waals surface area contributed by atoms with Crippen LogP contribution >= 0.6 is 34.8 Å². The highest BCUT2D eigenvalue weighted by atomic mass is 35.5. The molecule has 0 bridgehead atoms. The van der Waals surface area contributed by atoms with Gasteiger partial charge < -0.3 is 5.11 Å². The fourth-order valence-electron chi connectivity index (χ4n) is 3.51. The van der Waals surface area contributed by atoms with E-state index >= 15 is 0 Å². The summed E-state index contributed by atoms with van der Waals surface area (Å²) < 4.78 is 40.8. The van der Waals surface area contributed by atoms with Crippen molar-refractivity contribution in [2.24, 2.45) is 10.2 Å². The zero-order chi connectivity index (χ0) is 25.3. The van der Waals surface area contributed by atoms with Gasteiger partial charge in [-0.15, -0.1) is 5.10 Å². The number of nitrogens with zero attached hydrogens (tertiary/aromatic N) is 5. The molecule has 1 aliphatic heterocycles. The first-order valence-corrected chi connectivity index (χ1v) is 11.4. The monoisotopic (exact) mass is 545 g/mol. The second-order valence-electron chi connectivity index (χ2n) is 7.82. The molecule has 0 saturated carbocycles. The number of aromatic nitrogens is 3. The van der Waals surface area contributed by atoms with Crippen LogP contribution in [0.3, 0.4) is 0 Å². The van der Waals surface area contributed by atoms with Gasteiger partial charge in [0.1, 0.15) is 0 Å². The minimum Gasteiger partial charge on any atom is -0.382 e. The molecule has 2 heterocycles. The smallest absolute Gasteiger partial charge is 0.382 e. The van der Waals surface area contributed by atoms with Gasteiger partial charge in [-0.05, 0) is 42.0 Å². The van der Waals surface area contributed by atoms with Crippen molar-refractivity contribution in [3.8, 4) is 11.4 Å². The van der Waals surface area contributed by atoms with Crippen molar-refractivity contribution in [3.05, 3.63) is 73.6 Å². The molecule has 35 heavy (non-hydrogen) atoms. The van der Waals surface area contributed by atoms with Crippen LogP contribution in [0.5, 0.6) is 0 Å². The third-order valence-electron chi connectivity index (χ3n) is 5.27. The number of aliphatic hydroxyl groups is 1. The lowest BCUT2D eigenvalue weighted by atomic mass is 10.0. The molecule has 1 N–H and O–H groups in total. The maximum absolute atomic E-state index is 13.0. The van der Waals surface area contributed by atoms with Crippen molar-refractivity contribution in [2.75, 3.05) is 0 Å². The normalized spacial score (nSPS) is 14.7. The molecule has 0 saturated heterocycles. The molecule has 0 unspecified atom stereocenters. The van der Waals surface area contributed by atoms with E-state index in [4.69, 9.17) is 34.8 Å². The third kappa shape index (κ3) is 5.78. The van der Waals surface area contributed by atoms with Crippen LogP contribution in [0.2, 0.25) is 15.1 Å². The van der Waals surface area contributed by atoms with E-state index in [1.54, 1.807) is 18.2 Å². The van der Waals surface area contributed by atoms with Gasteiger partial charge in [0.15, 0.2) is 11.9 Å². The van der Waals surface area contributed by atoms with Crippen LogP contribution in [0.1, 0.15) is 12.0 Å². The molecule has 3 aromatic rings. The molecule has 0 amide bonds. The maximum atomic E-state index is 13.0. The predicted molar refractivity (Wildman–Crippen MR) is 129 cm³/mol. The second-order valence-corrected chi connectivity index (χ2v) is 9.08. The van der Waals surface area contributed by atoms with E-state index in [1.807, 2.05) is 0 Å². The van der Waals surface area contributed by atoms with Gasteiger partial charge in [0.2, 0.25) is 0 Å². The quantitative estimate of drug-likeness (QED) is 0.451. The van der Waals surface area contributed by atoms with Gasteiger partial charge in [-0.1, -0.05) is 40.9 Å². The maximum Gasteiger partial charge on any atom is 0.416 e. The molecule has 2 aromatic carbocycles. The van der Waals surface area contributed by atoms with E-state index < -0.39 is 24.5 Å². The van der Waals surface area contributed by atoms with E-state index in [9.17, 15) is 23.1 Å². The largest absolute Gasteiger partial charge is 0.416 e. The number of aliphatic hydroxyl groups excluding tert-OH is 1. The Hall–Kier alpha value is -2.66. The Morgan fingerprint density at radius 2 is 1.63 bits per heavy atom. The zero-order valence-corrected chi connectivity index (χ0v) is 20.1. The van der Waals surface area contributed by atoms with Crippen LogP contribution in [0, 0.1) is 0 Å². The summed E-state index contributed by atoms with van der Waals surface area (Å²) in [4.78, 5) is 13.0. The summed E-state index contributed by atoms with van der Waals surface area (Å²) in [6, 6.07) is 11.2. The summed E-state index contributed by atoms with van der Waals surface area (Å²) in [7, 11) is 0. The predicted octanol–water partition coefficient (Wildman–Crippen LogP) is 5.04. The van der Waals surface area contributed by atoms with Gasteiger partial charge in [0.05, 0.1) is 24.5 Å². The SMILES string of the molecule is O=c1n(CC2=NN=C(Cc3c(Cl)cccc3Cl)C2)nc(-c2ccc(Cl)cc2)n1C[C@@H](O)C(F)(F)F. The fourth-order valence-corrected chi connectivity index (χ4v) is 4.17. The van der Waals surface area contributed by atoms with E-state index in [0.717, 1.165) is 9.25 Å². The summed E-state index contributed by atoms with van der Waals surface area (Å²) >= 11 is 18.3. The van der Waals surface area contributed by atoms with Crippen LogP contribution in [0.15, 0.2) is 57.5 Å². The fraction of sp³-hybridized carbons (Fsp3) is 0.273. The van der Waals surface area contributed by atoms with Crippen LogP contribution in [0.4, 0.5) is 13.2 Å². The van der Waals surface area contributed by atoms with Crippen molar-refractivity contribution < 1.29 is 18.3 Å². The first-order valence-electron chi connectivity index (χ1n) is 10.3. The highest BCUT2D eigenvalue weighted by Crippen LogP contribution is 2.27. The summed E-state index contributed by atoms with van der Waals surface area (Å²) in [5.41, 5.74) is 1.36. The average molecular weight is 547 g/mol. The number of benzene rings is 2. The highest BCUT2D eigenvalue weighted by Gasteiger charge is 2.39. The number of alkyl halides is 3. The molecule has 13 heteroatoms. The summed E-state index contributed by atoms with van der Waals surface area (Å²) in [6.45, 7) is -1.11. The van der Waals surface area contributed by atoms with Crippen molar-refractivity contribution in [2.45, 2.75) is 38.2 Å². The number of halogens is 6. The van der Waals surface area contributed by atoms with Gasteiger partial charge in [-0.3, -0.25) is 4.57 Å². The van der Waals surface area contributed by atoms with Gasteiger partial charge in [0, 0.05) is 33.5 Å². The molecule has 4 rings (SSSR count). The first-order chi connectivity index (χ1) is 16.5. The van der Waals surface area contributed by atoms with Gasteiger partial charge in [-0.25, -0.2) is 9.48 Å². The molecule has 1 aromatic heterocycles. The average Bonchev–Trinajstić information content (AvgIpc) is 3.36. The van der Waals surface area contributed by atoms with E-state index in [2.05, 4.69) is 15.3 Å². The number of hydrogen-bond donors (Lipinski definition) is 1. The zero-order valence-electron chi connectivity index (χ0n) is 17.8. The van der Waals surface area contributed by atoms with E-state index in [-0.39, 0.29) is 12.4 Å². The second kappa shape index (κ2) is 10.1. The number of rotatable bonds is 7. The Labute approximate surface area is 212 Å². The molecule has 7 nitrogen and oxygen atoms in total. The van der Waals surface area contributed by atoms with Crippen molar-refractivity contribution in [1.29, 1.82) is 0 Å². The molecule has 0 fully saturated rings. The van der Waals surface area contributed by atoms with Crippen LogP contribution in [-0.4, -0.2) is 43.2 Å². The van der Waals surface area contributed by atoms with Crippen molar-refractivity contribution >= 4 is 46.2 Å². The van der Waals surface area contributed by atoms with Gasteiger partial charge in [-0.2, -0.15) is 23.4 Å². The standard InChI is InChI=1S/C22H17Cl3F3N5O2/c23-13-6-4-12(5-7-13)20-31-33(21(35)32(20)11-19(34)22(26,27)28)10-15-8-14(29-30-15)9-16-17(24)2-1-3-18(16)25/h1-7,19,34H,8-11H2/t19-/m1/s1. The van der Waals surface area contributed by atoms with Crippen molar-refractivity contribution in [1.82, 2.24) is 14.3 Å². The molecular formula is C22H17Cl3F3N5O2. The molecule has 1 aliphatic rings. The minimum absolute atomic E-state index is 0.0439. The Kier molecular flexibility index (Phi) is 7.37. The highest BCUT2D eigenvalue weighted by molar-refractivity contribution is 6.36. The molecule has 0 spiro atoms. The molecular weight excluding hydrogens is 530 g/mol. The lowest BCUT2D eigenvalue weighted by Gasteiger charge is -2.15. The van der Waals surface area contributed by atoms with E-state index in [0.29, 0.717) is 50.5 Å². The van der Waals surface area contributed by atoms with Crippen LogP contribution in [-0.2, 0) is 19.5 Å². The van der Waals surface area contributed by atoms with Crippen molar-refractivity contribution in [3.63, 3.8) is 0 Å². The summed E-state index contributed by atoms with van der Waals surface area (Å²) in [6.07, 6.45) is -7.00.